The van der Waals surface area contributed by atoms with Crippen LogP contribution in [0.1, 0.15) is 108 Å². The van der Waals surface area contributed by atoms with Gasteiger partial charge in [0.2, 0.25) is 11.8 Å². The number of anilines is 1. The normalized spacial score (nSPS) is 20.9. The van der Waals surface area contributed by atoms with E-state index in [0.29, 0.717) is 41.5 Å². The number of hydrogen-bond donors (Lipinski definition) is 5. The molecule has 2 aliphatic rings. The smallest absolute Gasteiger partial charge is 0.251 e. The number of unbranched alkanes of at least 4 members (excludes halogenated alkanes) is 1. The second-order valence-electron chi connectivity index (χ2n) is 19.3. The van der Waals surface area contributed by atoms with Crippen LogP contribution < -0.4 is 26.2 Å². The molecular weight excluding hydrogens is 850 g/mol. The first-order valence-corrected chi connectivity index (χ1v) is 23.2. The third-order valence-electron chi connectivity index (χ3n) is 12.5. The Balaban J connectivity index is 0.927. The van der Waals surface area contributed by atoms with E-state index in [0.717, 1.165) is 33.8 Å². The fraction of sp³-hybridized carbons (Fsp3) is 0.490. The molecule has 1 aliphatic heterocycles. The van der Waals surface area contributed by atoms with E-state index in [9.17, 15) is 24.8 Å². The molecule has 1 saturated heterocycles. The van der Waals surface area contributed by atoms with Crippen LogP contribution in [0.25, 0.3) is 10.4 Å². The lowest BCUT2D eigenvalue weighted by molar-refractivity contribution is -0.164. The summed E-state index contributed by atoms with van der Waals surface area (Å²) in [6.45, 7) is 19.1. The van der Waals surface area contributed by atoms with E-state index in [1.807, 2.05) is 76.5 Å². The summed E-state index contributed by atoms with van der Waals surface area (Å²) in [5.41, 5.74) is 8.31. The van der Waals surface area contributed by atoms with Gasteiger partial charge in [0.05, 0.1) is 45.4 Å². The van der Waals surface area contributed by atoms with Crippen molar-refractivity contribution >= 4 is 46.3 Å². The summed E-state index contributed by atoms with van der Waals surface area (Å²) in [5.74, 6) is -0.195. The maximum atomic E-state index is 14.0. The molecule has 3 amide bonds. The number of carbonyl (C=O) groups excluding carboxylic acids is 3. The second kappa shape index (κ2) is 20.0. The summed E-state index contributed by atoms with van der Waals surface area (Å²) >= 11 is 7.83. The number of ether oxygens (including phenoxy) is 1. The minimum Gasteiger partial charge on any atom is -0.489 e. The molecule has 5 N–H and O–H groups in total. The standard InChI is InChI=1S/C49H62ClN7O6S/c1-29(31-12-14-32(15-13-31)40-30(2)53-28-64-40)54-43(60)39-24-36(58)27-57(39)44(61)41(47(3,4)5)56-62-23-11-10-22-52-35-19-16-33(17-20-35)42(59)55-45-48(6,7)46(49(45,8)9)63-37-21-18-34(26-51)38(50)25-37/h12-21,25,28-29,36,39,41,45-46,52,56,58H,10-11,22-24,27H2,1-9H3,(H,54,60)(H,55,59)/t29-,36-,39+,41-,45-,46-/m1/s1. The fourth-order valence-electron chi connectivity index (χ4n) is 9.19. The highest BCUT2D eigenvalue weighted by Gasteiger charge is 2.64. The summed E-state index contributed by atoms with van der Waals surface area (Å²) in [7, 11) is 0. The van der Waals surface area contributed by atoms with Gasteiger partial charge in [-0.15, -0.1) is 11.3 Å². The SMILES string of the molecule is Cc1ncsc1-c1ccc([C@@H](C)NC(=O)[C@@H]2C[C@@H](O)CN2C(=O)[C@@H](NOCCCCNc2ccc(C(=O)N[C@H]3C(C)(C)[C@H](Oc4ccc(C#N)c(Cl)c4)C3(C)C)cc2)C(C)(C)C)cc1. The summed E-state index contributed by atoms with van der Waals surface area (Å²) in [5, 5.41) is 29.9. The predicted molar refractivity (Wildman–Crippen MR) is 251 cm³/mol. The van der Waals surface area contributed by atoms with E-state index >= 15 is 0 Å². The van der Waals surface area contributed by atoms with E-state index in [-0.39, 0.29) is 59.7 Å². The van der Waals surface area contributed by atoms with E-state index in [1.165, 1.54) is 4.90 Å². The maximum Gasteiger partial charge on any atom is 0.251 e. The van der Waals surface area contributed by atoms with Gasteiger partial charge in [-0.1, -0.05) is 84.3 Å². The highest BCUT2D eigenvalue weighted by molar-refractivity contribution is 7.13. The molecule has 3 aromatic carbocycles. The van der Waals surface area contributed by atoms with Crippen molar-refractivity contribution in [2.24, 2.45) is 16.2 Å². The highest BCUT2D eigenvalue weighted by Crippen LogP contribution is 2.55. The first-order valence-electron chi connectivity index (χ1n) is 21.9. The first kappa shape index (κ1) is 48.4. The molecule has 4 atom stereocenters. The van der Waals surface area contributed by atoms with Gasteiger partial charge < -0.3 is 35.5 Å². The number of carbonyl (C=O) groups is 3. The van der Waals surface area contributed by atoms with Gasteiger partial charge in [-0.3, -0.25) is 14.4 Å². The van der Waals surface area contributed by atoms with Crippen LogP contribution in [-0.4, -0.2) is 82.7 Å². The lowest BCUT2D eigenvalue weighted by Crippen LogP contribution is -2.74. The van der Waals surface area contributed by atoms with Crippen LogP contribution in [0.3, 0.4) is 0 Å². The molecule has 0 spiro atoms. The number of aliphatic hydroxyl groups excluding tert-OH is 1. The summed E-state index contributed by atoms with van der Waals surface area (Å²) in [4.78, 5) is 53.8. The number of thiazole rings is 1. The Hall–Kier alpha value is -5.04. The van der Waals surface area contributed by atoms with E-state index in [2.05, 4.69) is 60.2 Å². The van der Waals surface area contributed by atoms with Gasteiger partial charge in [0, 0.05) is 53.7 Å². The van der Waals surface area contributed by atoms with Crippen LogP contribution in [0.15, 0.2) is 72.2 Å². The van der Waals surface area contributed by atoms with Gasteiger partial charge in [-0.2, -0.15) is 10.7 Å². The van der Waals surface area contributed by atoms with Crippen molar-refractivity contribution in [3.05, 3.63) is 99.6 Å². The molecule has 13 nitrogen and oxygen atoms in total. The van der Waals surface area contributed by atoms with Crippen LogP contribution in [0.2, 0.25) is 5.02 Å². The van der Waals surface area contributed by atoms with Crippen LogP contribution in [0, 0.1) is 34.5 Å². The molecule has 6 rings (SSSR count). The Kier molecular flexibility index (Phi) is 15.1. The lowest BCUT2D eigenvalue weighted by atomic mass is 9.49. The Bertz CT molecular complexity index is 2300. The molecule has 1 aliphatic carbocycles. The fourth-order valence-corrected chi connectivity index (χ4v) is 10.2. The zero-order valence-corrected chi connectivity index (χ0v) is 39.8. The summed E-state index contributed by atoms with van der Waals surface area (Å²) in [6, 6.07) is 20.5. The highest BCUT2D eigenvalue weighted by atomic mass is 35.5. The van der Waals surface area contributed by atoms with Gasteiger partial charge in [0.15, 0.2) is 0 Å². The van der Waals surface area contributed by atoms with Crippen molar-refractivity contribution < 1.29 is 29.1 Å². The molecule has 1 aromatic heterocycles. The van der Waals surface area contributed by atoms with E-state index in [4.69, 9.17) is 21.2 Å². The zero-order valence-electron chi connectivity index (χ0n) is 38.3. The van der Waals surface area contributed by atoms with Crippen molar-refractivity contribution in [2.75, 3.05) is 25.0 Å². The Labute approximate surface area is 386 Å². The molecule has 2 fully saturated rings. The maximum absolute atomic E-state index is 14.0. The molecule has 0 unspecified atom stereocenters. The number of β-amino-alcohol motifs (C(OH)–C–C–N with tert-alkyl or cyclic N) is 1. The Morgan fingerprint density at radius 2 is 1.72 bits per heavy atom. The Morgan fingerprint density at radius 1 is 1.03 bits per heavy atom. The molecule has 64 heavy (non-hydrogen) atoms. The number of nitriles is 1. The van der Waals surface area contributed by atoms with Gasteiger partial charge in [-0.25, -0.2) is 4.98 Å². The number of benzene rings is 3. The minimum absolute atomic E-state index is 0.0604. The molecular formula is C49H62ClN7O6S. The number of hydroxylamine groups is 1. The number of nitrogens with zero attached hydrogens (tertiary/aromatic N) is 3. The summed E-state index contributed by atoms with van der Waals surface area (Å²) < 4.78 is 6.36. The molecule has 342 valence electrons. The van der Waals surface area contributed by atoms with Crippen LogP contribution in [0.5, 0.6) is 5.75 Å². The van der Waals surface area contributed by atoms with Crippen molar-refractivity contribution in [2.45, 2.75) is 118 Å². The largest absolute Gasteiger partial charge is 0.489 e. The number of aliphatic hydroxyl groups is 1. The number of hydrogen-bond acceptors (Lipinski definition) is 11. The van der Waals surface area contributed by atoms with Crippen molar-refractivity contribution in [1.29, 1.82) is 5.26 Å². The van der Waals surface area contributed by atoms with Crippen molar-refractivity contribution in [3.63, 3.8) is 0 Å². The monoisotopic (exact) mass is 911 g/mol. The number of halogens is 1. The molecule has 0 bridgehead atoms. The Morgan fingerprint density at radius 3 is 2.33 bits per heavy atom. The van der Waals surface area contributed by atoms with Crippen LogP contribution >= 0.6 is 22.9 Å². The number of aryl methyl sites for hydroxylation is 1. The van der Waals surface area contributed by atoms with Crippen LogP contribution in [0.4, 0.5) is 5.69 Å². The average Bonchev–Trinajstić information content (AvgIpc) is 3.87. The molecule has 1 saturated carbocycles. The number of rotatable bonds is 17. The predicted octanol–water partition coefficient (Wildman–Crippen LogP) is 8.22. The third-order valence-corrected chi connectivity index (χ3v) is 13.8. The van der Waals surface area contributed by atoms with E-state index in [1.54, 1.807) is 41.7 Å². The molecule has 15 heteroatoms. The first-order chi connectivity index (χ1) is 30.2. The van der Waals surface area contributed by atoms with Crippen molar-refractivity contribution in [3.8, 4) is 22.3 Å². The summed E-state index contributed by atoms with van der Waals surface area (Å²) in [6.07, 6.45) is 0.628. The number of nitrogens with one attached hydrogen (secondary N) is 4. The molecule has 2 heterocycles. The number of likely N-dealkylation sites (tertiary alicyclic amines) is 1. The van der Waals surface area contributed by atoms with Gasteiger partial charge in [-0.05, 0) is 79.6 Å². The van der Waals surface area contributed by atoms with Crippen LogP contribution in [-0.2, 0) is 14.4 Å². The number of amides is 3. The molecule has 4 aromatic rings. The second-order valence-corrected chi connectivity index (χ2v) is 20.6. The minimum atomic E-state index is -0.817. The van der Waals surface area contributed by atoms with Gasteiger partial charge in [0.25, 0.3) is 5.91 Å². The average molecular weight is 913 g/mol. The topological polar surface area (TPSA) is 178 Å². The van der Waals surface area contributed by atoms with Gasteiger partial charge >= 0.3 is 0 Å². The quantitative estimate of drug-likeness (QED) is 0.0512. The number of aromatic nitrogens is 1. The third kappa shape index (κ3) is 10.9. The molecule has 0 radical (unpaired) electrons. The van der Waals surface area contributed by atoms with Gasteiger partial charge in [0.1, 0.15) is 30.0 Å². The lowest BCUT2D eigenvalue weighted by Gasteiger charge is -2.63. The van der Waals surface area contributed by atoms with Crippen molar-refractivity contribution in [1.82, 2.24) is 26.0 Å². The zero-order chi connectivity index (χ0) is 46.6. The van der Waals surface area contributed by atoms with E-state index < -0.39 is 23.6 Å².